The van der Waals surface area contributed by atoms with Gasteiger partial charge >= 0.3 is 0 Å². The van der Waals surface area contributed by atoms with Crippen LogP contribution < -0.4 is 0 Å². The van der Waals surface area contributed by atoms with Gasteiger partial charge in [0.2, 0.25) is 5.91 Å². The van der Waals surface area contributed by atoms with E-state index in [2.05, 4.69) is 21.9 Å². The standard InChI is InChI=1S/C19H27ClN2O/c20-18-8-6-17(7-9-18)15-21-10-12-22(13-11-21)19(23)14-16-4-2-1-3-5-16/h6-9,16H,1-5,10-15H2. The van der Waals surface area contributed by atoms with Gasteiger partial charge in [0, 0.05) is 44.2 Å². The van der Waals surface area contributed by atoms with Crippen molar-refractivity contribution in [3.05, 3.63) is 34.9 Å². The van der Waals surface area contributed by atoms with E-state index >= 15 is 0 Å². The molecule has 1 saturated heterocycles. The molecule has 0 atom stereocenters. The Morgan fingerprint density at radius 2 is 1.65 bits per heavy atom. The number of hydrogen-bond acceptors (Lipinski definition) is 2. The Morgan fingerprint density at radius 1 is 1.00 bits per heavy atom. The molecular weight excluding hydrogens is 308 g/mol. The van der Waals surface area contributed by atoms with Crippen molar-refractivity contribution < 1.29 is 4.79 Å². The highest BCUT2D eigenvalue weighted by Gasteiger charge is 2.24. The average molecular weight is 335 g/mol. The SMILES string of the molecule is O=C(CC1CCCCC1)N1CCN(Cc2ccc(Cl)cc2)CC1. The van der Waals surface area contributed by atoms with Crippen molar-refractivity contribution in [2.45, 2.75) is 45.1 Å². The first-order chi connectivity index (χ1) is 11.2. The number of rotatable bonds is 4. The minimum atomic E-state index is 0.378. The lowest BCUT2D eigenvalue weighted by molar-refractivity contribution is -0.134. The Labute approximate surface area is 144 Å². The molecule has 1 aliphatic carbocycles. The van der Waals surface area contributed by atoms with Crippen LogP contribution in [0.15, 0.2) is 24.3 Å². The van der Waals surface area contributed by atoms with Crippen molar-refractivity contribution in [2.24, 2.45) is 5.92 Å². The topological polar surface area (TPSA) is 23.6 Å². The molecule has 3 nitrogen and oxygen atoms in total. The minimum absolute atomic E-state index is 0.378. The van der Waals surface area contributed by atoms with Crippen molar-refractivity contribution in [3.8, 4) is 0 Å². The summed E-state index contributed by atoms with van der Waals surface area (Å²) >= 11 is 5.93. The largest absolute Gasteiger partial charge is 0.340 e. The molecule has 1 saturated carbocycles. The number of halogens is 1. The van der Waals surface area contributed by atoms with Gasteiger partial charge in [0.25, 0.3) is 0 Å². The van der Waals surface area contributed by atoms with E-state index in [1.807, 2.05) is 12.1 Å². The number of benzene rings is 1. The second-order valence-corrected chi connectivity index (χ2v) is 7.43. The number of nitrogens with zero attached hydrogens (tertiary/aromatic N) is 2. The molecule has 1 aliphatic heterocycles. The monoisotopic (exact) mass is 334 g/mol. The molecule has 0 spiro atoms. The van der Waals surface area contributed by atoms with E-state index in [1.165, 1.54) is 37.7 Å². The van der Waals surface area contributed by atoms with Crippen LogP contribution in [0.2, 0.25) is 5.02 Å². The van der Waals surface area contributed by atoms with Crippen molar-refractivity contribution in [1.29, 1.82) is 0 Å². The highest BCUT2D eigenvalue weighted by molar-refractivity contribution is 6.30. The first-order valence-electron chi connectivity index (χ1n) is 8.95. The van der Waals surface area contributed by atoms with E-state index in [-0.39, 0.29) is 0 Å². The van der Waals surface area contributed by atoms with E-state index in [0.717, 1.165) is 44.2 Å². The maximum absolute atomic E-state index is 12.5. The summed E-state index contributed by atoms with van der Waals surface area (Å²) in [5.74, 6) is 1.02. The molecule has 23 heavy (non-hydrogen) atoms. The zero-order chi connectivity index (χ0) is 16.1. The van der Waals surface area contributed by atoms with Crippen molar-refractivity contribution in [2.75, 3.05) is 26.2 Å². The van der Waals surface area contributed by atoms with Crippen LogP contribution in [-0.4, -0.2) is 41.9 Å². The summed E-state index contributed by atoms with van der Waals surface area (Å²) in [7, 11) is 0. The summed E-state index contributed by atoms with van der Waals surface area (Å²) in [5, 5.41) is 0.784. The Balaban J connectivity index is 1.42. The van der Waals surface area contributed by atoms with Crippen molar-refractivity contribution in [3.63, 3.8) is 0 Å². The summed E-state index contributed by atoms with van der Waals surface area (Å²) in [6.07, 6.45) is 7.26. The number of carbonyl (C=O) groups is 1. The predicted molar refractivity (Wildman–Crippen MR) is 94.5 cm³/mol. The normalized spacial score (nSPS) is 20.7. The quantitative estimate of drug-likeness (QED) is 0.832. The highest BCUT2D eigenvalue weighted by atomic mass is 35.5. The van der Waals surface area contributed by atoms with Crippen LogP contribution >= 0.6 is 11.6 Å². The summed E-state index contributed by atoms with van der Waals surface area (Å²) < 4.78 is 0. The minimum Gasteiger partial charge on any atom is -0.340 e. The van der Waals surface area contributed by atoms with Gasteiger partial charge in [-0.2, -0.15) is 0 Å². The van der Waals surface area contributed by atoms with Crippen LogP contribution in [-0.2, 0) is 11.3 Å². The Morgan fingerprint density at radius 3 is 2.30 bits per heavy atom. The fraction of sp³-hybridized carbons (Fsp3) is 0.632. The lowest BCUT2D eigenvalue weighted by Gasteiger charge is -2.35. The van der Waals surface area contributed by atoms with Crippen LogP contribution in [0.3, 0.4) is 0 Å². The van der Waals surface area contributed by atoms with E-state index in [0.29, 0.717) is 11.8 Å². The summed E-state index contributed by atoms with van der Waals surface area (Å²) in [6, 6.07) is 8.06. The van der Waals surface area contributed by atoms with Gasteiger partial charge in [-0.25, -0.2) is 0 Å². The number of hydrogen-bond donors (Lipinski definition) is 0. The van der Waals surface area contributed by atoms with Crippen LogP contribution in [0.4, 0.5) is 0 Å². The molecule has 2 fully saturated rings. The number of carbonyl (C=O) groups excluding carboxylic acids is 1. The predicted octanol–water partition coefficient (Wildman–Crippen LogP) is 3.95. The van der Waals surface area contributed by atoms with E-state index < -0.39 is 0 Å². The van der Waals surface area contributed by atoms with Gasteiger partial charge in [-0.15, -0.1) is 0 Å². The molecule has 1 aromatic rings. The summed E-state index contributed by atoms with van der Waals surface area (Å²) in [4.78, 5) is 17.0. The van der Waals surface area contributed by atoms with Gasteiger partial charge in [-0.3, -0.25) is 9.69 Å². The molecular formula is C19H27ClN2O. The van der Waals surface area contributed by atoms with Gasteiger partial charge in [0.1, 0.15) is 0 Å². The molecule has 4 heteroatoms. The molecule has 0 radical (unpaired) electrons. The van der Waals surface area contributed by atoms with Gasteiger partial charge in [0.05, 0.1) is 0 Å². The fourth-order valence-corrected chi connectivity index (χ4v) is 3.90. The van der Waals surface area contributed by atoms with Crippen LogP contribution in [0, 0.1) is 5.92 Å². The molecule has 2 aliphatic rings. The molecule has 0 bridgehead atoms. The van der Waals surface area contributed by atoms with E-state index in [4.69, 9.17) is 11.6 Å². The molecule has 3 rings (SSSR count). The molecule has 1 heterocycles. The third-order valence-corrected chi connectivity index (χ3v) is 5.48. The third-order valence-electron chi connectivity index (χ3n) is 5.23. The molecule has 0 aromatic heterocycles. The van der Waals surface area contributed by atoms with E-state index in [1.54, 1.807) is 0 Å². The smallest absolute Gasteiger partial charge is 0.222 e. The number of amides is 1. The van der Waals surface area contributed by atoms with Gasteiger partial charge in [0.15, 0.2) is 0 Å². The van der Waals surface area contributed by atoms with Gasteiger partial charge in [-0.1, -0.05) is 43.0 Å². The van der Waals surface area contributed by atoms with Crippen LogP contribution in [0.5, 0.6) is 0 Å². The molecule has 1 aromatic carbocycles. The Kier molecular flexibility index (Phi) is 5.96. The lowest BCUT2D eigenvalue weighted by atomic mass is 9.86. The van der Waals surface area contributed by atoms with Crippen LogP contribution in [0.25, 0.3) is 0 Å². The third kappa shape index (κ3) is 4.95. The van der Waals surface area contributed by atoms with Gasteiger partial charge < -0.3 is 4.90 Å². The van der Waals surface area contributed by atoms with Crippen molar-refractivity contribution >= 4 is 17.5 Å². The second-order valence-electron chi connectivity index (χ2n) is 6.99. The molecule has 126 valence electrons. The average Bonchev–Trinajstić information content (AvgIpc) is 2.58. The number of piperazine rings is 1. The molecule has 0 N–H and O–H groups in total. The zero-order valence-corrected chi connectivity index (χ0v) is 14.6. The maximum atomic E-state index is 12.5. The molecule has 1 amide bonds. The highest BCUT2D eigenvalue weighted by Crippen LogP contribution is 2.27. The van der Waals surface area contributed by atoms with Gasteiger partial charge in [-0.05, 0) is 36.5 Å². The van der Waals surface area contributed by atoms with Crippen molar-refractivity contribution in [1.82, 2.24) is 9.80 Å². The first-order valence-corrected chi connectivity index (χ1v) is 9.33. The second kappa shape index (κ2) is 8.16. The lowest BCUT2D eigenvalue weighted by Crippen LogP contribution is -2.48. The Bertz CT molecular complexity index is 503. The Hall–Kier alpha value is -1.06. The fourth-order valence-electron chi connectivity index (χ4n) is 3.77. The summed E-state index contributed by atoms with van der Waals surface area (Å²) in [5.41, 5.74) is 1.29. The van der Waals surface area contributed by atoms with Crippen LogP contribution in [0.1, 0.15) is 44.1 Å². The van der Waals surface area contributed by atoms with E-state index in [9.17, 15) is 4.79 Å². The molecule has 0 unspecified atom stereocenters. The first kappa shape index (κ1) is 16.8. The zero-order valence-electron chi connectivity index (χ0n) is 13.8. The maximum Gasteiger partial charge on any atom is 0.222 e. The summed E-state index contributed by atoms with van der Waals surface area (Å²) in [6.45, 7) is 4.64.